The Morgan fingerprint density at radius 3 is 2.65 bits per heavy atom. The van der Waals surface area contributed by atoms with Crippen LogP contribution >= 0.6 is 0 Å². The monoisotopic (exact) mass is 278 g/mol. The van der Waals surface area contributed by atoms with Crippen molar-refractivity contribution in [2.45, 2.75) is 38.1 Å². The van der Waals surface area contributed by atoms with E-state index in [-0.39, 0.29) is 11.2 Å². The lowest BCUT2D eigenvalue weighted by atomic mass is 9.74. The molecule has 20 heavy (non-hydrogen) atoms. The Labute approximate surface area is 117 Å². The summed E-state index contributed by atoms with van der Waals surface area (Å²) in [4.78, 5) is 22.2. The van der Waals surface area contributed by atoms with Gasteiger partial charge in [-0.2, -0.15) is 0 Å². The zero-order chi connectivity index (χ0) is 14.8. The number of esters is 1. The van der Waals surface area contributed by atoms with Crippen LogP contribution in [0.5, 0.6) is 0 Å². The number of methoxy groups -OCH3 is 1. The molecule has 0 amide bonds. The molecule has 0 radical (unpaired) electrons. The summed E-state index contributed by atoms with van der Waals surface area (Å²) in [6.45, 7) is 2.06. The first-order chi connectivity index (χ1) is 9.51. The molecule has 108 valence electrons. The van der Waals surface area contributed by atoms with Crippen molar-refractivity contribution < 1.29 is 14.5 Å². The lowest BCUT2D eigenvalue weighted by molar-refractivity contribution is -0.384. The number of benzene rings is 1. The lowest BCUT2D eigenvalue weighted by Gasteiger charge is -2.42. The molecule has 1 aromatic carbocycles. The summed E-state index contributed by atoms with van der Waals surface area (Å²) in [7, 11) is 1.29. The number of anilines is 1. The summed E-state index contributed by atoms with van der Waals surface area (Å²) >= 11 is 0. The molecule has 2 rings (SSSR count). The number of carbonyl (C=O) groups is 1. The van der Waals surface area contributed by atoms with Crippen LogP contribution in [0.3, 0.4) is 0 Å². The van der Waals surface area contributed by atoms with Crippen molar-refractivity contribution in [3.05, 3.63) is 33.9 Å². The van der Waals surface area contributed by atoms with Gasteiger partial charge in [0.25, 0.3) is 5.69 Å². The minimum atomic E-state index is -0.498. The third-order valence-corrected chi connectivity index (χ3v) is 4.00. The Kier molecular flexibility index (Phi) is 3.92. The van der Waals surface area contributed by atoms with Crippen LogP contribution in [-0.4, -0.2) is 23.5 Å². The maximum atomic E-state index is 11.5. The number of hydrogen-bond acceptors (Lipinski definition) is 5. The Balaban J connectivity index is 2.36. The fourth-order valence-electron chi connectivity index (χ4n) is 2.50. The minimum absolute atomic E-state index is 0.0163. The van der Waals surface area contributed by atoms with Gasteiger partial charge in [0.05, 0.1) is 17.6 Å². The Hall–Kier alpha value is -2.11. The Morgan fingerprint density at radius 2 is 2.20 bits per heavy atom. The van der Waals surface area contributed by atoms with Gasteiger partial charge in [0.2, 0.25) is 0 Å². The summed E-state index contributed by atoms with van der Waals surface area (Å²) < 4.78 is 4.65. The molecule has 0 heterocycles. The number of nitrogens with zero attached hydrogens (tertiary/aromatic N) is 1. The molecular weight excluding hydrogens is 260 g/mol. The fraction of sp³-hybridized carbons (Fsp3) is 0.500. The van der Waals surface area contributed by atoms with Crippen molar-refractivity contribution in [1.82, 2.24) is 0 Å². The molecule has 6 nitrogen and oxygen atoms in total. The van der Waals surface area contributed by atoms with E-state index in [1.165, 1.54) is 25.3 Å². The number of ether oxygens (including phenoxy) is 1. The molecule has 1 aromatic rings. The average molecular weight is 278 g/mol. The smallest absolute Gasteiger partial charge is 0.337 e. The maximum Gasteiger partial charge on any atom is 0.337 e. The molecule has 1 N–H and O–H groups in total. The zero-order valence-electron chi connectivity index (χ0n) is 11.6. The molecule has 1 fully saturated rings. The van der Waals surface area contributed by atoms with Gasteiger partial charge in [-0.15, -0.1) is 0 Å². The standard InChI is InChI=1S/C14H18N2O4/c1-3-14(7-4-8-14)15-11-9-10(13(17)20-2)5-6-12(11)16(18)19/h5-6,9,15H,3-4,7-8H2,1-2H3. The van der Waals surface area contributed by atoms with Crippen molar-refractivity contribution in [3.63, 3.8) is 0 Å². The van der Waals surface area contributed by atoms with Crippen LogP contribution in [0.2, 0.25) is 0 Å². The van der Waals surface area contributed by atoms with Crippen LogP contribution in [0.25, 0.3) is 0 Å². The second-order valence-corrected chi connectivity index (χ2v) is 5.09. The maximum absolute atomic E-state index is 11.5. The molecule has 6 heteroatoms. The number of nitro groups is 1. The van der Waals surface area contributed by atoms with E-state index in [0.29, 0.717) is 11.3 Å². The fourth-order valence-corrected chi connectivity index (χ4v) is 2.50. The molecule has 1 aliphatic rings. The first-order valence-electron chi connectivity index (χ1n) is 6.66. The Morgan fingerprint density at radius 1 is 1.50 bits per heavy atom. The van der Waals surface area contributed by atoms with Gasteiger partial charge < -0.3 is 10.1 Å². The van der Waals surface area contributed by atoms with Gasteiger partial charge >= 0.3 is 5.97 Å². The van der Waals surface area contributed by atoms with E-state index in [0.717, 1.165) is 25.7 Å². The van der Waals surface area contributed by atoms with E-state index < -0.39 is 10.9 Å². The van der Waals surface area contributed by atoms with Crippen LogP contribution < -0.4 is 5.32 Å². The van der Waals surface area contributed by atoms with Crippen LogP contribution in [0.4, 0.5) is 11.4 Å². The summed E-state index contributed by atoms with van der Waals surface area (Å²) in [6.07, 6.45) is 3.99. The van der Waals surface area contributed by atoms with E-state index in [1.807, 2.05) is 0 Å². The van der Waals surface area contributed by atoms with Gasteiger partial charge in [-0.25, -0.2) is 4.79 Å². The highest BCUT2D eigenvalue weighted by molar-refractivity contribution is 5.91. The van der Waals surface area contributed by atoms with E-state index >= 15 is 0 Å². The third kappa shape index (κ3) is 2.59. The zero-order valence-corrected chi connectivity index (χ0v) is 11.6. The quantitative estimate of drug-likeness (QED) is 0.508. The molecule has 0 aliphatic heterocycles. The van der Waals surface area contributed by atoms with Crippen molar-refractivity contribution in [2.75, 3.05) is 12.4 Å². The van der Waals surface area contributed by atoms with E-state index in [9.17, 15) is 14.9 Å². The first-order valence-corrected chi connectivity index (χ1v) is 6.66. The van der Waals surface area contributed by atoms with Crippen LogP contribution in [0.15, 0.2) is 18.2 Å². The van der Waals surface area contributed by atoms with E-state index in [4.69, 9.17) is 0 Å². The van der Waals surface area contributed by atoms with Crippen molar-refractivity contribution in [1.29, 1.82) is 0 Å². The molecule has 0 atom stereocenters. The normalized spacial score (nSPS) is 16.1. The summed E-state index contributed by atoms with van der Waals surface area (Å²) in [5.74, 6) is -0.498. The highest BCUT2D eigenvalue weighted by Crippen LogP contribution is 2.40. The highest BCUT2D eigenvalue weighted by atomic mass is 16.6. The first kappa shape index (κ1) is 14.3. The van der Waals surface area contributed by atoms with Crippen LogP contribution in [0.1, 0.15) is 43.0 Å². The van der Waals surface area contributed by atoms with Crippen LogP contribution in [-0.2, 0) is 4.74 Å². The summed E-state index contributed by atoms with van der Waals surface area (Å²) in [5, 5.41) is 14.4. The summed E-state index contributed by atoms with van der Waals surface area (Å²) in [5.41, 5.74) is 0.600. The minimum Gasteiger partial charge on any atom is -0.465 e. The number of rotatable bonds is 5. The molecule has 1 aliphatic carbocycles. The largest absolute Gasteiger partial charge is 0.465 e. The van der Waals surface area contributed by atoms with Gasteiger partial charge in [-0.05, 0) is 37.8 Å². The topological polar surface area (TPSA) is 81.5 Å². The second kappa shape index (κ2) is 5.48. The van der Waals surface area contributed by atoms with Crippen LogP contribution in [0, 0.1) is 10.1 Å². The molecular formula is C14H18N2O4. The van der Waals surface area contributed by atoms with E-state index in [2.05, 4.69) is 17.0 Å². The molecule has 0 aromatic heterocycles. The number of nitro benzene ring substituents is 1. The number of carbonyl (C=O) groups excluding carboxylic acids is 1. The molecule has 0 bridgehead atoms. The van der Waals surface area contributed by atoms with E-state index in [1.54, 1.807) is 0 Å². The van der Waals surface area contributed by atoms with Crippen molar-refractivity contribution in [2.24, 2.45) is 0 Å². The molecule has 0 spiro atoms. The second-order valence-electron chi connectivity index (χ2n) is 5.09. The van der Waals surface area contributed by atoms with Gasteiger partial charge in [-0.1, -0.05) is 6.92 Å². The van der Waals surface area contributed by atoms with Gasteiger partial charge in [0.15, 0.2) is 0 Å². The predicted molar refractivity (Wildman–Crippen MR) is 74.9 cm³/mol. The van der Waals surface area contributed by atoms with Gasteiger partial charge in [0, 0.05) is 11.6 Å². The summed E-state index contributed by atoms with van der Waals surface area (Å²) in [6, 6.07) is 4.25. The number of nitrogens with one attached hydrogen (secondary N) is 1. The lowest BCUT2D eigenvalue weighted by Crippen LogP contribution is -2.44. The van der Waals surface area contributed by atoms with Gasteiger partial charge in [0.1, 0.15) is 5.69 Å². The van der Waals surface area contributed by atoms with Crippen molar-refractivity contribution in [3.8, 4) is 0 Å². The molecule has 1 saturated carbocycles. The Bertz CT molecular complexity index is 532. The predicted octanol–water partition coefficient (Wildman–Crippen LogP) is 3.13. The highest BCUT2D eigenvalue weighted by Gasteiger charge is 2.36. The molecule has 0 saturated heterocycles. The third-order valence-electron chi connectivity index (χ3n) is 4.00. The molecule has 0 unspecified atom stereocenters. The SMILES string of the molecule is CCC1(Nc2cc(C(=O)OC)ccc2[N+](=O)[O-])CCC1. The van der Waals surface area contributed by atoms with Crippen molar-refractivity contribution >= 4 is 17.3 Å². The average Bonchev–Trinajstić information content (AvgIpc) is 2.41. The van der Waals surface area contributed by atoms with Gasteiger partial charge in [-0.3, -0.25) is 10.1 Å². The number of hydrogen-bond donors (Lipinski definition) is 1.